The first-order valence-corrected chi connectivity index (χ1v) is 6.47. The van der Waals surface area contributed by atoms with Crippen molar-refractivity contribution in [2.45, 2.75) is 38.3 Å². The summed E-state index contributed by atoms with van der Waals surface area (Å²) in [7, 11) is 2.08. The van der Waals surface area contributed by atoms with Crippen molar-refractivity contribution in [2.24, 2.45) is 0 Å². The van der Waals surface area contributed by atoms with Crippen LogP contribution in [-0.4, -0.2) is 61.7 Å². The standard InChI is InChI=1S/C12H25N3/c1-3-11(13-2)9-14-7-8-15-6-4-5-12(15)10-14/h11-13H,3-10H2,1-2H3. The molecule has 0 amide bonds. The third kappa shape index (κ3) is 2.71. The first kappa shape index (κ1) is 11.4. The van der Waals surface area contributed by atoms with Gasteiger partial charge >= 0.3 is 0 Å². The molecule has 0 bridgehead atoms. The van der Waals surface area contributed by atoms with Gasteiger partial charge in [0.2, 0.25) is 0 Å². The van der Waals surface area contributed by atoms with Crippen molar-refractivity contribution in [2.75, 3.05) is 39.8 Å². The van der Waals surface area contributed by atoms with Crippen molar-refractivity contribution in [3.05, 3.63) is 0 Å². The highest BCUT2D eigenvalue weighted by molar-refractivity contribution is 4.87. The second-order valence-corrected chi connectivity index (χ2v) is 4.99. The van der Waals surface area contributed by atoms with Crippen LogP contribution < -0.4 is 5.32 Å². The molecule has 2 atom stereocenters. The van der Waals surface area contributed by atoms with Crippen LogP contribution >= 0.6 is 0 Å². The van der Waals surface area contributed by atoms with Crippen LogP contribution in [0.2, 0.25) is 0 Å². The van der Waals surface area contributed by atoms with Crippen LogP contribution in [0.5, 0.6) is 0 Å². The zero-order valence-corrected chi connectivity index (χ0v) is 10.2. The molecule has 2 unspecified atom stereocenters. The number of fused-ring (bicyclic) bond motifs is 1. The summed E-state index contributed by atoms with van der Waals surface area (Å²) >= 11 is 0. The lowest BCUT2D eigenvalue weighted by Crippen LogP contribution is -2.53. The van der Waals surface area contributed by atoms with Crippen molar-refractivity contribution < 1.29 is 0 Å². The molecule has 0 saturated carbocycles. The minimum absolute atomic E-state index is 0.679. The molecule has 0 radical (unpaired) electrons. The van der Waals surface area contributed by atoms with Gasteiger partial charge in [-0.3, -0.25) is 9.80 Å². The Hall–Kier alpha value is -0.120. The monoisotopic (exact) mass is 211 g/mol. The minimum atomic E-state index is 0.679. The highest BCUT2D eigenvalue weighted by Gasteiger charge is 2.30. The van der Waals surface area contributed by atoms with Crippen molar-refractivity contribution in [3.63, 3.8) is 0 Å². The lowest BCUT2D eigenvalue weighted by Gasteiger charge is -2.38. The topological polar surface area (TPSA) is 18.5 Å². The van der Waals surface area contributed by atoms with Gasteiger partial charge in [-0.1, -0.05) is 6.92 Å². The van der Waals surface area contributed by atoms with E-state index >= 15 is 0 Å². The van der Waals surface area contributed by atoms with Crippen LogP contribution in [0.3, 0.4) is 0 Å². The molecule has 0 aromatic heterocycles. The molecule has 2 aliphatic rings. The molecule has 0 aliphatic carbocycles. The van der Waals surface area contributed by atoms with Gasteiger partial charge in [0.05, 0.1) is 0 Å². The minimum Gasteiger partial charge on any atom is -0.316 e. The Kier molecular flexibility index (Phi) is 4.00. The Balaban J connectivity index is 1.79. The van der Waals surface area contributed by atoms with E-state index in [0.717, 1.165) is 6.04 Å². The second kappa shape index (κ2) is 5.28. The van der Waals surface area contributed by atoms with Gasteiger partial charge in [0.15, 0.2) is 0 Å². The number of piperazine rings is 1. The van der Waals surface area contributed by atoms with Gasteiger partial charge in [-0.2, -0.15) is 0 Å². The van der Waals surface area contributed by atoms with E-state index in [1.54, 1.807) is 0 Å². The molecule has 2 aliphatic heterocycles. The van der Waals surface area contributed by atoms with Crippen LogP contribution in [-0.2, 0) is 0 Å². The molecule has 88 valence electrons. The first-order chi connectivity index (χ1) is 7.33. The number of likely N-dealkylation sites (N-methyl/N-ethyl adjacent to an activating group) is 1. The van der Waals surface area contributed by atoms with Gasteiger partial charge in [-0.25, -0.2) is 0 Å². The molecule has 2 saturated heterocycles. The summed E-state index contributed by atoms with van der Waals surface area (Å²) in [5.41, 5.74) is 0. The molecule has 0 spiro atoms. The van der Waals surface area contributed by atoms with Gasteiger partial charge in [0.1, 0.15) is 0 Å². The molecule has 0 aromatic rings. The maximum atomic E-state index is 3.40. The van der Waals surface area contributed by atoms with Gasteiger partial charge in [-0.05, 0) is 32.9 Å². The van der Waals surface area contributed by atoms with Crippen LogP contribution in [0.15, 0.2) is 0 Å². The summed E-state index contributed by atoms with van der Waals surface area (Å²) in [6.45, 7) is 8.73. The maximum Gasteiger partial charge on any atom is 0.0224 e. The quantitative estimate of drug-likeness (QED) is 0.741. The van der Waals surface area contributed by atoms with Crippen LogP contribution in [0.4, 0.5) is 0 Å². The second-order valence-electron chi connectivity index (χ2n) is 4.99. The molecule has 15 heavy (non-hydrogen) atoms. The zero-order chi connectivity index (χ0) is 10.7. The van der Waals surface area contributed by atoms with E-state index in [-0.39, 0.29) is 0 Å². The zero-order valence-electron chi connectivity index (χ0n) is 10.2. The highest BCUT2D eigenvalue weighted by Crippen LogP contribution is 2.21. The van der Waals surface area contributed by atoms with E-state index in [1.807, 2.05) is 0 Å². The Labute approximate surface area is 93.8 Å². The van der Waals surface area contributed by atoms with Crippen molar-refractivity contribution in [1.82, 2.24) is 15.1 Å². The third-order valence-electron chi connectivity index (χ3n) is 4.05. The van der Waals surface area contributed by atoms with E-state index in [0.29, 0.717) is 6.04 Å². The molecule has 2 fully saturated rings. The van der Waals surface area contributed by atoms with Gasteiger partial charge < -0.3 is 5.32 Å². The lowest BCUT2D eigenvalue weighted by molar-refractivity contribution is 0.0967. The Bertz CT molecular complexity index is 189. The average molecular weight is 211 g/mol. The molecule has 0 aromatic carbocycles. The summed E-state index contributed by atoms with van der Waals surface area (Å²) in [5.74, 6) is 0. The number of rotatable bonds is 4. The predicted molar refractivity (Wildman–Crippen MR) is 64.2 cm³/mol. The molecule has 3 nitrogen and oxygen atoms in total. The third-order valence-corrected chi connectivity index (χ3v) is 4.05. The first-order valence-electron chi connectivity index (χ1n) is 6.47. The van der Waals surface area contributed by atoms with Crippen LogP contribution in [0.25, 0.3) is 0 Å². The Morgan fingerprint density at radius 1 is 1.33 bits per heavy atom. The summed E-state index contributed by atoms with van der Waals surface area (Å²) in [6, 6.07) is 1.55. The predicted octanol–water partition coefficient (Wildman–Crippen LogP) is 0.764. The van der Waals surface area contributed by atoms with Gasteiger partial charge in [0.25, 0.3) is 0 Å². The summed E-state index contributed by atoms with van der Waals surface area (Å²) < 4.78 is 0. The Morgan fingerprint density at radius 2 is 2.20 bits per heavy atom. The van der Waals surface area contributed by atoms with Crippen LogP contribution in [0.1, 0.15) is 26.2 Å². The van der Waals surface area contributed by atoms with Crippen molar-refractivity contribution in [1.29, 1.82) is 0 Å². The fraction of sp³-hybridized carbons (Fsp3) is 1.00. The SMILES string of the molecule is CCC(CN1CCN2CCCC2C1)NC. The van der Waals surface area contributed by atoms with E-state index in [4.69, 9.17) is 0 Å². The summed E-state index contributed by atoms with van der Waals surface area (Å²) in [6.07, 6.45) is 4.08. The van der Waals surface area contributed by atoms with Crippen LogP contribution in [0, 0.1) is 0 Å². The average Bonchev–Trinajstić information content (AvgIpc) is 2.73. The smallest absolute Gasteiger partial charge is 0.0224 e. The normalized spacial score (nSPS) is 30.4. The number of nitrogens with zero attached hydrogens (tertiary/aromatic N) is 2. The van der Waals surface area contributed by atoms with E-state index < -0.39 is 0 Å². The molecule has 2 heterocycles. The number of hydrogen-bond donors (Lipinski definition) is 1. The number of hydrogen-bond acceptors (Lipinski definition) is 3. The molecular weight excluding hydrogens is 186 g/mol. The molecule has 3 heteroatoms. The highest BCUT2D eigenvalue weighted by atomic mass is 15.3. The van der Waals surface area contributed by atoms with E-state index in [2.05, 4.69) is 29.1 Å². The summed E-state index contributed by atoms with van der Waals surface area (Å²) in [4.78, 5) is 5.33. The van der Waals surface area contributed by atoms with Gasteiger partial charge in [0, 0.05) is 38.3 Å². The molecule has 2 rings (SSSR count). The molecular formula is C12H25N3. The van der Waals surface area contributed by atoms with E-state index in [9.17, 15) is 0 Å². The Morgan fingerprint density at radius 3 is 2.93 bits per heavy atom. The fourth-order valence-corrected chi connectivity index (χ4v) is 2.96. The fourth-order valence-electron chi connectivity index (χ4n) is 2.96. The molecule has 1 N–H and O–H groups in total. The van der Waals surface area contributed by atoms with E-state index in [1.165, 1.54) is 52.0 Å². The number of nitrogens with one attached hydrogen (secondary N) is 1. The largest absolute Gasteiger partial charge is 0.316 e. The summed E-state index contributed by atoms with van der Waals surface area (Å²) in [5, 5.41) is 3.40. The van der Waals surface area contributed by atoms with Gasteiger partial charge in [-0.15, -0.1) is 0 Å². The van der Waals surface area contributed by atoms with Crippen molar-refractivity contribution in [3.8, 4) is 0 Å². The van der Waals surface area contributed by atoms with Crippen molar-refractivity contribution >= 4 is 0 Å². The lowest BCUT2D eigenvalue weighted by atomic mass is 10.1. The maximum absolute atomic E-state index is 3.40.